The van der Waals surface area contributed by atoms with Gasteiger partial charge in [-0.3, -0.25) is 9.78 Å². The largest absolute Gasteiger partial charge is 0.417 e. The molecule has 98 valence electrons. The zero-order chi connectivity index (χ0) is 13.8. The van der Waals surface area contributed by atoms with Gasteiger partial charge in [0.1, 0.15) is 6.42 Å². The highest BCUT2D eigenvalue weighted by Gasteiger charge is 2.08. The van der Waals surface area contributed by atoms with Gasteiger partial charge in [-0.05, 0) is 24.1 Å². The van der Waals surface area contributed by atoms with Crippen molar-refractivity contribution in [3.63, 3.8) is 0 Å². The molecule has 0 saturated carbocycles. The number of carbonyl (C=O) groups is 1. The van der Waals surface area contributed by atoms with Crippen molar-refractivity contribution in [2.75, 3.05) is 13.6 Å². The summed E-state index contributed by atoms with van der Waals surface area (Å²) < 4.78 is 4.97. The highest BCUT2D eigenvalue weighted by Crippen LogP contribution is 2.13. The smallest absolute Gasteiger partial charge is 0.408 e. The fourth-order valence-corrected chi connectivity index (χ4v) is 1.77. The van der Waals surface area contributed by atoms with Crippen molar-refractivity contribution in [2.24, 2.45) is 0 Å². The lowest BCUT2D eigenvalue weighted by Crippen LogP contribution is -2.28. The van der Waals surface area contributed by atoms with Crippen LogP contribution in [0.5, 0.6) is 0 Å². The number of oxazole rings is 1. The second-order valence-electron chi connectivity index (χ2n) is 4.25. The Bertz CT molecular complexity index is 693. The van der Waals surface area contributed by atoms with Gasteiger partial charge in [0.15, 0.2) is 5.58 Å². The molecule has 0 bridgehead atoms. The Morgan fingerprint density at radius 1 is 1.53 bits per heavy atom. The predicted octanol–water partition coefficient (Wildman–Crippen LogP) is 1.04. The van der Waals surface area contributed by atoms with E-state index in [0.717, 1.165) is 5.56 Å². The van der Waals surface area contributed by atoms with E-state index in [0.29, 0.717) is 24.1 Å². The highest BCUT2D eigenvalue weighted by atomic mass is 16.4. The van der Waals surface area contributed by atoms with E-state index in [1.165, 1.54) is 4.90 Å². The summed E-state index contributed by atoms with van der Waals surface area (Å²) in [5.41, 5.74) is 2.13. The predicted molar refractivity (Wildman–Crippen MR) is 68.4 cm³/mol. The number of hydrogen-bond donors (Lipinski definition) is 1. The molecule has 1 aromatic heterocycles. The molecule has 6 nitrogen and oxygen atoms in total. The number of nitriles is 1. The first kappa shape index (κ1) is 12.9. The number of benzene rings is 1. The van der Waals surface area contributed by atoms with E-state index in [1.807, 2.05) is 12.1 Å². The maximum Gasteiger partial charge on any atom is 0.417 e. The van der Waals surface area contributed by atoms with Crippen molar-refractivity contribution in [2.45, 2.75) is 12.8 Å². The van der Waals surface area contributed by atoms with Crippen LogP contribution in [0.3, 0.4) is 0 Å². The van der Waals surface area contributed by atoms with Crippen LogP contribution in [0.4, 0.5) is 0 Å². The molecule has 1 amide bonds. The molecule has 0 aliphatic heterocycles. The lowest BCUT2D eigenvalue weighted by molar-refractivity contribution is -0.128. The maximum atomic E-state index is 11.4. The number of hydrogen-bond acceptors (Lipinski definition) is 4. The number of likely N-dealkylation sites (N-methyl/N-ethyl adjacent to an activating group) is 1. The van der Waals surface area contributed by atoms with Gasteiger partial charge in [0.2, 0.25) is 5.91 Å². The molecule has 0 radical (unpaired) electrons. The van der Waals surface area contributed by atoms with Gasteiger partial charge in [-0.15, -0.1) is 0 Å². The molecular formula is C13H13N3O3. The average Bonchev–Trinajstić information content (AvgIpc) is 2.75. The van der Waals surface area contributed by atoms with Crippen molar-refractivity contribution in [1.82, 2.24) is 9.88 Å². The molecule has 0 aliphatic rings. The monoisotopic (exact) mass is 259 g/mol. The van der Waals surface area contributed by atoms with Crippen molar-refractivity contribution in [1.29, 1.82) is 5.26 Å². The molecule has 0 saturated heterocycles. The Balaban J connectivity index is 2.03. The number of fused-ring (bicyclic) bond motifs is 1. The lowest BCUT2D eigenvalue weighted by atomic mass is 10.1. The van der Waals surface area contributed by atoms with Crippen LogP contribution in [-0.4, -0.2) is 29.4 Å². The van der Waals surface area contributed by atoms with Crippen LogP contribution < -0.4 is 5.76 Å². The number of nitrogens with zero attached hydrogens (tertiary/aromatic N) is 2. The fraction of sp³-hybridized carbons (Fsp3) is 0.308. The standard InChI is InChI=1S/C13H13N3O3/c1-16(12(17)4-6-14)7-5-9-2-3-10-11(8-9)19-13(18)15-10/h2-3,8H,4-5,7H2,1H3,(H,15,18). The van der Waals surface area contributed by atoms with Gasteiger partial charge in [-0.25, -0.2) is 4.79 Å². The van der Waals surface area contributed by atoms with Gasteiger partial charge in [-0.1, -0.05) is 6.07 Å². The van der Waals surface area contributed by atoms with Crippen molar-refractivity contribution in [3.8, 4) is 6.07 Å². The molecule has 1 heterocycles. The molecule has 2 rings (SSSR count). The number of aromatic nitrogens is 1. The Hall–Kier alpha value is -2.55. The first-order chi connectivity index (χ1) is 9.10. The molecule has 0 fully saturated rings. The normalized spacial score (nSPS) is 10.3. The molecule has 1 N–H and O–H groups in total. The van der Waals surface area contributed by atoms with E-state index >= 15 is 0 Å². The molecular weight excluding hydrogens is 246 g/mol. The van der Waals surface area contributed by atoms with Gasteiger partial charge in [0.25, 0.3) is 0 Å². The Morgan fingerprint density at radius 2 is 2.32 bits per heavy atom. The van der Waals surface area contributed by atoms with Crippen LogP contribution in [0.15, 0.2) is 27.4 Å². The number of amides is 1. The SMILES string of the molecule is CN(CCc1ccc2[nH]c(=O)oc2c1)C(=O)CC#N. The van der Waals surface area contributed by atoms with Crippen LogP contribution in [0.1, 0.15) is 12.0 Å². The second kappa shape index (κ2) is 5.40. The molecule has 0 unspecified atom stereocenters. The van der Waals surface area contributed by atoms with E-state index in [2.05, 4.69) is 4.98 Å². The summed E-state index contributed by atoms with van der Waals surface area (Å²) in [4.78, 5) is 26.5. The van der Waals surface area contributed by atoms with Gasteiger partial charge in [0.05, 0.1) is 11.6 Å². The van der Waals surface area contributed by atoms with Crippen LogP contribution in [0.25, 0.3) is 11.1 Å². The minimum absolute atomic E-state index is 0.109. The van der Waals surface area contributed by atoms with Crippen molar-refractivity contribution >= 4 is 17.0 Å². The summed E-state index contributed by atoms with van der Waals surface area (Å²) in [5, 5.41) is 8.45. The molecule has 0 spiro atoms. The van der Waals surface area contributed by atoms with E-state index in [-0.39, 0.29) is 12.3 Å². The molecule has 0 aliphatic carbocycles. The number of H-pyrrole nitrogens is 1. The Kier molecular flexibility index (Phi) is 3.66. The molecule has 19 heavy (non-hydrogen) atoms. The van der Waals surface area contributed by atoms with Crippen molar-refractivity contribution in [3.05, 3.63) is 34.3 Å². The fourth-order valence-electron chi connectivity index (χ4n) is 1.77. The summed E-state index contributed by atoms with van der Waals surface area (Å²) in [5.74, 6) is -0.676. The van der Waals surface area contributed by atoms with Crippen LogP contribution in [-0.2, 0) is 11.2 Å². The highest BCUT2D eigenvalue weighted by molar-refractivity contribution is 5.78. The number of rotatable bonds is 4. The Labute approximate surface area is 109 Å². The number of nitrogens with one attached hydrogen (secondary N) is 1. The minimum Gasteiger partial charge on any atom is -0.408 e. The van der Waals surface area contributed by atoms with Crippen molar-refractivity contribution < 1.29 is 9.21 Å². The van der Waals surface area contributed by atoms with Gasteiger partial charge in [-0.2, -0.15) is 5.26 Å². The quantitative estimate of drug-likeness (QED) is 0.888. The van der Waals surface area contributed by atoms with E-state index < -0.39 is 5.76 Å². The second-order valence-corrected chi connectivity index (χ2v) is 4.25. The number of carbonyl (C=O) groups excluding carboxylic acids is 1. The van der Waals surface area contributed by atoms with E-state index in [1.54, 1.807) is 19.2 Å². The first-order valence-corrected chi connectivity index (χ1v) is 5.83. The Morgan fingerprint density at radius 3 is 3.05 bits per heavy atom. The van der Waals surface area contributed by atoms with Gasteiger partial charge in [0, 0.05) is 13.6 Å². The zero-order valence-electron chi connectivity index (χ0n) is 10.5. The summed E-state index contributed by atoms with van der Waals surface area (Å²) >= 11 is 0. The van der Waals surface area contributed by atoms with Gasteiger partial charge < -0.3 is 9.32 Å². The average molecular weight is 259 g/mol. The summed E-state index contributed by atoms with van der Waals surface area (Å²) in [7, 11) is 1.66. The minimum atomic E-state index is -0.478. The maximum absolute atomic E-state index is 11.4. The van der Waals surface area contributed by atoms with Crippen LogP contribution in [0.2, 0.25) is 0 Å². The van der Waals surface area contributed by atoms with Crippen LogP contribution in [0, 0.1) is 11.3 Å². The summed E-state index contributed by atoms with van der Waals surface area (Å²) in [6.45, 7) is 0.515. The summed E-state index contributed by atoms with van der Waals surface area (Å²) in [6.07, 6.45) is 0.528. The van der Waals surface area contributed by atoms with Crippen LogP contribution >= 0.6 is 0 Å². The third-order valence-electron chi connectivity index (χ3n) is 2.88. The van der Waals surface area contributed by atoms with E-state index in [9.17, 15) is 9.59 Å². The van der Waals surface area contributed by atoms with Gasteiger partial charge >= 0.3 is 5.76 Å². The number of aromatic amines is 1. The lowest BCUT2D eigenvalue weighted by Gasteiger charge is -2.15. The molecule has 1 aromatic carbocycles. The third-order valence-corrected chi connectivity index (χ3v) is 2.88. The zero-order valence-corrected chi connectivity index (χ0v) is 10.5. The topological polar surface area (TPSA) is 90.1 Å². The first-order valence-electron chi connectivity index (χ1n) is 5.83. The third kappa shape index (κ3) is 3.01. The molecule has 2 aromatic rings. The van der Waals surface area contributed by atoms with E-state index in [4.69, 9.17) is 9.68 Å². The molecule has 0 atom stereocenters. The summed E-state index contributed by atoms with van der Waals surface area (Å²) in [6, 6.07) is 7.24. The molecule has 6 heteroatoms.